The summed E-state index contributed by atoms with van der Waals surface area (Å²) in [5, 5.41) is 0. The average Bonchev–Trinajstić information content (AvgIpc) is 2.41. The Morgan fingerprint density at radius 2 is 1.90 bits per heavy atom. The van der Waals surface area contributed by atoms with E-state index in [0.29, 0.717) is 11.3 Å². The van der Waals surface area contributed by atoms with E-state index >= 15 is 0 Å². The van der Waals surface area contributed by atoms with Crippen LogP contribution in [0.5, 0.6) is 5.75 Å². The number of alkyl halides is 2. The van der Waals surface area contributed by atoms with Crippen molar-refractivity contribution < 1.29 is 18.3 Å². The summed E-state index contributed by atoms with van der Waals surface area (Å²) in [5.74, 6) is -0.110. The van der Waals surface area contributed by atoms with Gasteiger partial charge in [0, 0.05) is 21.9 Å². The fourth-order valence-corrected chi connectivity index (χ4v) is 1.83. The van der Waals surface area contributed by atoms with E-state index in [-0.39, 0.29) is 18.0 Å². The fraction of sp³-hybridized carbons (Fsp3) is 0.143. The highest BCUT2D eigenvalue weighted by Gasteiger charge is 2.09. The van der Waals surface area contributed by atoms with Gasteiger partial charge in [0.05, 0.1) is 6.42 Å². The van der Waals surface area contributed by atoms with Crippen LogP contribution < -0.4 is 4.74 Å². The zero-order valence-electron chi connectivity index (χ0n) is 10.2. The van der Waals surface area contributed by atoms with Gasteiger partial charge in [0.2, 0.25) is 0 Å². The molecule has 0 unspecified atom stereocenters. The number of pyridine rings is 1. The first kappa shape index (κ1) is 14.6. The Bertz CT molecular complexity index is 585. The van der Waals surface area contributed by atoms with Crippen LogP contribution >= 0.6 is 15.9 Å². The van der Waals surface area contributed by atoms with Crippen molar-refractivity contribution in [2.75, 3.05) is 0 Å². The molecule has 0 aliphatic carbocycles. The molecule has 2 aromatic rings. The van der Waals surface area contributed by atoms with E-state index in [1.165, 1.54) is 24.3 Å². The lowest BCUT2D eigenvalue weighted by molar-refractivity contribution is -0.0498. The van der Waals surface area contributed by atoms with Crippen molar-refractivity contribution in [3.63, 3.8) is 0 Å². The number of ketones is 1. The van der Waals surface area contributed by atoms with Crippen molar-refractivity contribution >= 4 is 21.7 Å². The molecule has 1 heterocycles. The van der Waals surface area contributed by atoms with Crippen molar-refractivity contribution in [2.45, 2.75) is 13.0 Å². The highest BCUT2D eigenvalue weighted by molar-refractivity contribution is 9.10. The smallest absolute Gasteiger partial charge is 0.387 e. The highest BCUT2D eigenvalue weighted by Crippen LogP contribution is 2.16. The number of nitrogens with zero attached hydrogens (tertiary/aromatic N) is 1. The lowest BCUT2D eigenvalue weighted by atomic mass is 10.1. The number of aromatic nitrogens is 1. The second-order valence-corrected chi connectivity index (χ2v) is 4.89. The molecule has 0 amide bonds. The van der Waals surface area contributed by atoms with Crippen molar-refractivity contribution in [3.05, 3.63) is 58.3 Å². The molecule has 2 rings (SSSR count). The monoisotopic (exact) mass is 341 g/mol. The first-order chi connectivity index (χ1) is 9.54. The standard InChI is InChI=1S/C14H10BrF2NO2/c15-10-3-4-11(18-8-10)7-13(19)9-1-5-12(6-2-9)20-14(16)17/h1-6,8,14H,7H2. The molecular formula is C14H10BrF2NO2. The maximum Gasteiger partial charge on any atom is 0.387 e. The largest absolute Gasteiger partial charge is 0.435 e. The van der Waals surface area contributed by atoms with Gasteiger partial charge in [-0.25, -0.2) is 0 Å². The number of benzene rings is 1. The molecule has 0 spiro atoms. The van der Waals surface area contributed by atoms with Gasteiger partial charge in [-0.2, -0.15) is 8.78 Å². The number of Topliss-reactive ketones (excluding diaryl/α,β-unsaturated/α-hetero) is 1. The Hall–Kier alpha value is -1.82. The summed E-state index contributed by atoms with van der Waals surface area (Å²) in [6, 6.07) is 9.14. The molecule has 0 N–H and O–H groups in total. The van der Waals surface area contributed by atoms with E-state index in [2.05, 4.69) is 25.7 Å². The minimum atomic E-state index is -2.87. The molecular weight excluding hydrogens is 332 g/mol. The van der Waals surface area contributed by atoms with Crippen LogP contribution in [0.25, 0.3) is 0 Å². The first-order valence-corrected chi connectivity index (χ1v) is 6.52. The molecule has 104 valence electrons. The van der Waals surface area contributed by atoms with Gasteiger partial charge < -0.3 is 4.74 Å². The number of ether oxygens (including phenoxy) is 1. The number of halogens is 3. The van der Waals surface area contributed by atoms with Gasteiger partial charge in [0.15, 0.2) is 5.78 Å². The number of hydrogen-bond acceptors (Lipinski definition) is 3. The van der Waals surface area contributed by atoms with Crippen molar-refractivity contribution in [1.82, 2.24) is 4.98 Å². The zero-order valence-corrected chi connectivity index (χ0v) is 11.8. The molecule has 3 nitrogen and oxygen atoms in total. The van der Waals surface area contributed by atoms with E-state index in [1.54, 1.807) is 18.3 Å². The summed E-state index contributed by atoms with van der Waals surface area (Å²) in [4.78, 5) is 16.1. The lowest BCUT2D eigenvalue weighted by Gasteiger charge is -2.05. The quantitative estimate of drug-likeness (QED) is 0.775. The van der Waals surface area contributed by atoms with E-state index in [0.717, 1.165) is 4.47 Å². The van der Waals surface area contributed by atoms with Crippen LogP contribution in [0.15, 0.2) is 47.1 Å². The van der Waals surface area contributed by atoms with Crippen molar-refractivity contribution in [2.24, 2.45) is 0 Å². The first-order valence-electron chi connectivity index (χ1n) is 5.73. The summed E-state index contributed by atoms with van der Waals surface area (Å²) in [6.07, 6.45) is 1.77. The second kappa shape index (κ2) is 6.56. The number of rotatable bonds is 5. The van der Waals surface area contributed by atoms with Crippen LogP contribution in [-0.2, 0) is 6.42 Å². The SMILES string of the molecule is O=C(Cc1ccc(Br)cn1)c1ccc(OC(F)F)cc1. The molecule has 0 radical (unpaired) electrons. The number of carbonyl (C=O) groups excluding carboxylic acids is 1. The Morgan fingerprint density at radius 1 is 1.20 bits per heavy atom. The van der Waals surface area contributed by atoms with Crippen molar-refractivity contribution in [3.8, 4) is 5.75 Å². The Morgan fingerprint density at radius 3 is 2.45 bits per heavy atom. The third-order valence-electron chi connectivity index (χ3n) is 2.53. The molecule has 6 heteroatoms. The van der Waals surface area contributed by atoms with Crippen LogP contribution in [0.4, 0.5) is 8.78 Å². The van der Waals surface area contributed by atoms with Crippen molar-refractivity contribution in [1.29, 1.82) is 0 Å². The Kier molecular flexibility index (Phi) is 4.79. The predicted molar refractivity (Wildman–Crippen MR) is 73.0 cm³/mol. The summed E-state index contributed by atoms with van der Waals surface area (Å²) < 4.78 is 29.1. The summed E-state index contributed by atoms with van der Waals surface area (Å²) in [7, 11) is 0. The van der Waals surface area contributed by atoms with Crippen LogP contribution in [0.2, 0.25) is 0 Å². The van der Waals surface area contributed by atoms with Crippen LogP contribution in [0, 0.1) is 0 Å². The van der Waals surface area contributed by atoms with Gasteiger partial charge in [0.1, 0.15) is 5.75 Å². The van der Waals surface area contributed by atoms with Gasteiger partial charge in [0.25, 0.3) is 0 Å². The molecule has 0 aliphatic rings. The molecule has 1 aromatic heterocycles. The Labute approximate surface area is 122 Å². The Balaban J connectivity index is 2.03. The minimum absolute atomic E-state index is 0.0262. The average molecular weight is 342 g/mol. The second-order valence-electron chi connectivity index (χ2n) is 3.97. The third kappa shape index (κ3) is 4.09. The molecule has 0 aliphatic heterocycles. The minimum Gasteiger partial charge on any atom is -0.435 e. The zero-order chi connectivity index (χ0) is 14.5. The van der Waals surface area contributed by atoms with E-state index < -0.39 is 6.61 Å². The van der Waals surface area contributed by atoms with E-state index in [4.69, 9.17) is 0 Å². The number of carbonyl (C=O) groups is 1. The maximum absolute atomic E-state index is 12.0. The van der Waals surface area contributed by atoms with E-state index in [1.807, 2.05) is 0 Å². The normalized spacial score (nSPS) is 10.6. The molecule has 20 heavy (non-hydrogen) atoms. The predicted octanol–water partition coefficient (Wildman–Crippen LogP) is 3.87. The molecule has 0 bridgehead atoms. The van der Waals surface area contributed by atoms with Crippen LogP contribution in [0.1, 0.15) is 16.1 Å². The van der Waals surface area contributed by atoms with E-state index in [9.17, 15) is 13.6 Å². The van der Waals surface area contributed by atoms with Gasteiger partial charge in [-0.05, 0) is 52.3 Å². The fourth-order valence-electron chi connectivity index (χ4n) is 1.60. The van der Waals surface area contributed by atoms with Gasteiger partial charge >= 0.3 is 6.61 Å². The third-order valence-corrected chi connectivity index (χ3v) is 3.00. The molecule has 0 atom stereocenters. The summed E-state index contributed by atoms with van der Waals surface area (Å²) >= 11 is 3.26. The molecule has 0 fully saturated rings. The molecule has 0 saturated carbocycles. The van der Waals surface area contributed by atoms with Crippen LogP contribution in [0.3, 0.4) is 0 Å². The number of hydrogen-bond donors (Lipinski definition) is 0. The maximum atomic E-state index is 12.0. The molecule has 0 saturated heterocycles. The van der Waals surface area contributed by atoms with Gasteiger partial charge in [-0.3, -0.25) is 9.78 Å². The summed E-state index contributed by atoms with van der Waals surface area (Å²) in [6.45, 7) is -2.87. The van der Waals surface area contributed by atoms with Gasteiger partial charge in [-0.1, -0.05) is 0 Å². The lowest BCUT2D eigenvalue weighted by Crippen LogP contribution is -2.06. The van der Waals surface area contributed by atoms with Crippen LogP contribution in [-0.4, -0.2) is 17.4 Å². The molecule has 1 aromatic carbocycles. The topological polar surface area (TPSA) is 39.2 Å². The summed E-state index contributed by atoms with van der Waals surface area (Å²) in [5.41, 5.74) is 1.07. The highest BCUT2D eigenvalue weighted by atomic mass is 79.9. The van der Waals surface area contributed by atoms with Gasteiger partial charge in [-0.15, -0.1) is 0 Å².